The first-order valence-corrected chi connectivity index (χ1v) is 9.35. The van der Waals surface area contributed by atoms with Crippen LogP contribution in [0, 0.1) is 11.3 Å². The molecule has 1 saturated heterocycles. The van der Waals surface area contributed by atoms with E-state index < -0.39 is 18.0 Å². The minimum atomic E-state index is -1.03. The lowest BCUT2D eigenvalue weighted by Gasteiger charge is -2.16. The molecule has 1 atom stereocenters. The summed E-state index contributed by atoms with van der Waals surface area (Å²) in [6.07, 6.45) is 0.432. The highest BCUT2D eigenvalue weighted by Crippen LogP contribution is 2.16. The van der Waals surface area contributed by atoms with Gasteiger partial charge in [0.15, 0.2) is 6.10 Å². The summed E-state index contributed by atoms with van der Waals surface area (Å²) in [5.74, 6) is -0.999. The summed E-state index contributed by atoms with van der Waals surface area (Å²) < 4.78 is 5.24. The number of hydrogen-bond donors (Lipinski definition) is 1. The Bertz CT molecular complexity index is 963. The lowest BCUT2D eigenvalue weighted by atomic mass is 10.1. The molecular weight excluding hydrogens is 370 g/mol. The van der Waals surface area contributed by atoms with Crippen LogP contribution in [-0.4, -0.2) is 35.3 Å². The van der Waals surface area contributed by atoms with Gasteiger partial charge in [-0.2, -0.15) is 5.26 Å². The Morgan fingerprint density at radius 3 is 2.59 bits per heavy atom. The molecule has 0 radical (unpaired) electrons. The number of carbonyl (C=O) groups is 3. The largest absolute Gasteiger partial charge is 0.449 e. The molecule has 3 rings (SSSR count). The van der Waals surface area contributed by atoms with Gasteiger partial charge >= 0.3 is 5.97 Å². The van der Waals surface area contributed by atoms with E-state index in [0.717, 1.165) is 18.5 Å². The second kappa shape index (κ2) is 9.02. The lowest BCUT2D eigenvalue weighted by Crippen LogP contribution is -2.30. The predicted octanol–water partition coefficient (Wildman–Crippen LogP) is 2.86. The van der Waals surface area contributed by atoms with Crippen LogP contribution in [0.1, 0.15) is 41.3 Å². The van der Waals surface area contributed by atoms with Crippen LogP contribution >= 0.6 is 0 Å². The Hall–Kier alpha value is -3.66. The molecule has 29 heavy (non-hydrogen) atoms. The molecule has 1 aliphatic rings. The van der Waals surface area contributed by atoms with Gasteiger partial charge in [0.1, 0.15) is 6.07 Å². The third-order valence-electron chi connectivity index (χ3n) is 4.69. The summed E-state index contributed by atoms with van der Waals surface area (Å²) in [6, 6.07) is 15.4. The van der Waals surface area contributed by atoms with E-state index in [4.69, 9.17) is 10.00 Å². The average Bonchev–Trinajstić information content (AvgIpc) is 3.13. The molecule has 0 saturated carbocycles. The van der Waals surface area contributed by atoms with Crippen LogP contribution in [0.3, 0.4) is 0 Å². The number of carbonyl (C=O) groups excluding carboxylic acids is 3. The van der Waals surface area contributed by atoms with Crippen molar-refractivity contribution in [2.45, 2.75) is 32.4 Å². The van der Waals surface area contributed by atoms with E-state index >= 15 is 0 Å². The van der Waals surface area contributed by atoms with Crippen molar-refractivity contribution in [3.63, 3.8) is 0 Å². The normalized spacial score (nSPS) is 14.2. The van der Waals surface area contributed by atoms with Crippen LogP contribution in [0.25, 0.3) is 0 Å². The predicted molar refractivity (Wildman–Crippen MR) is 106 cm³/mol. The van der Waals surface area contributed by atoms with Gasteiger partial charge in [-0.3, -0.25) is 9.59 Å². The number of anilines is 1. The third-order valence-corrected chi connectivity index (χ3v) is 4.69. The number of amides is 2. The highest BCUT2D eigenvalue weighted by Gasteiger charge is 2.21. The lowest BCUT2D eigenvalue weighted by molar-refractivity contribution is -0.128. The molecule has 1 fully saturated rings. The molecule has 2 amide bonds. The number of rotatable bonds is 6. The van der Waals surface area contributed by atoms with E-state index in [-0.39, 0.29) is 5.91 Å². The highest BCUT2D eigenvalue weighted by atomic mass is 16.5. The molecule has 0 spiro atoms. The molecule has 148 valence electrons. The van der Waals surface area contributed by atoms with Crippen LogP contribution in [0.5, 0.6) is 0 Å². The van der Waals surface area contributed by atoms with Crippen molar-refractivity contribution in [1.29, 1.82) is 5.26 Å². The summed E-state index contributed by atoms with van der Waals surface area (Å²) in [6.45, 7) is 2.74. The summed E-state index contributed by atoms with van der Waals surface area (Å²) in [5, 5.41) is 11.7. The van der Waals surface area contributed by atoms with Crippen LogP contribution in [-0.2, 0) is 20.9 Å². The molecule has 0 bridgehead atoms. The van der Waals surface area contributed by atoms with E-state index in [1.165, 1.54) is 6.92 Å². The molecular formula is C22H21N3O4. The van der Waals surface area contributed by atoms with Crippen LogP contribution in [0.4, 0.5) is 5.69 Å². The summed E-state index contributed by atoms with van der Waals surface area (Å²) in [4.78, 5) is 38.1. The fraction of sp³-hybridized carbons (Fsp3) is 0.273. The molecule has 2 aromatic carbocycles. The molecule has 1 N–H and O–H groups in total. The summed E-state index contributed by atoms with van der Waals surface area (Å²) in [5.41, 5.74) is 1.93. The number of para-hydroxylation sites is 1. The monoisotopic (exact) mass is 391 g/mol. The number of nitrogens with zero attached hydrogens (tertiary/aromatic N) is 2. The fourth-order valence-electron chi connectivity index (χ4n) is 3.04. The zero-order valence-electron chi connectivity index (χ0n) is 16.1. The van der Waals surface area contributed by atoms with Crippen molar-refractivity contribution in [1.82, 2.24) is 4.90 Å². The Balaban J connectivity index is 1.57. The number of nitrogens with one attached hydrogen (secondary N) is 1. The Morgan fingerprint density at radius 2 is 1.93 bits per heavy atom. The van der Waals surface area contributed by atoms with Crippen molar-refractivity contribution < 1.29 is 19.1 Å². The minimum Gasteiger partial charge on any atom is -0.449 e. The quantitative estimate of drug-likeness (QED) is 0.764. The van der Waals surface area contributed by atoms with Crippen molar-refractivity contribution in [2.75, 3.05) is 11.9 Å². The summed E-state index contributed by atoms with van der Waals surface area (Å²) in [7, 11) is 0. The minimum absolute atomic E-state index is 0.145. The van der Waals surface area contributed by atoms with Gasteiger partial charge in [0.2, 0.25) is 5.91 Å². The first-order valence-electron chi connectivity index (χ1n) is 9.35. The molecule has 0 aromatic heterocycles. The average molecular weight is 391 g/mol. The number of hydrogen-bond acceptors (Lipinski definition) is 5. The first-order chi connectivity index (χ1) is 14.0. The van der Waals surface area contributed by atoms with Gasteiger partial charge < -0.3 is 15.0 Å². The zero-order chi connectivity index (χ0) is 20.8. The molecule has 1 heterocycles. The van der Waals surface area contributed by atoms with Gasteiger partial charge in [-0.05, 0) is 43.2 Å². The molecule has 1 unspecified atom stereocenters. The van der Waals surface area contributed by atoms with E-state index in [1.807, 2.05) is 6.07 Å². The molecule has 7 nitrogen and oxygen atoms in total. The van der Waals surface area contributed by atoms with Gasteiger partial charge in [0, 0.05) is 19.5 Å². The standard InChI is InChI=1S/C22H21N3O4/c1-15(21(27)24-19-6-3-2-5-18(19)13-23)29-22(28)17-10-8-16(9-11-17)14-25-12-4-7-20(25)26/h2-3,5-6,8-11,15H,4,7,12,14H2,1H3,(H,24,27). The smallest absolute Gasteiger partial charge is 0.338 e. The van der Waals surface area contributed by atoms with E-state index in [0.29, 0.717) is 29.8 Å². The zero-order valence-corrected chi connectivity index (χ0v) is 16.1. The van der Waals surface area contributed by atoms with Crippen molar-refractivity contribution in [2.24, 2.45) is 0 Å². The number of benzene rings is 2. The Kier molecular flexibility index (Phi) is 6.25. The maximum atomic E-state index is 12.3. The summed E-state index contributed by atoms with van der Waals surface area (Å²) >= 11 is 0. The van der Waals surface area contributed by atoms with Gasteiger partial charge in [0.05, 0.1) is 16.8 Å². The van der Waals surface area contributed by atoms with Crippen molar-refractivity contribution in [3.05, 3.63) is 65.2 Å². The van der Waals surface area contributed by atoms with Gasteiger partial charge in [0.25, 0.3) is 5.91 Å². The molecule has 2 aromatic rings. The third kappa shape index (κ3) is 4.99. The van der Waals surface area contributed by atoms with Crippen LogP contribution in [0.15, 0.2) is 48.5 Å². The van der Waals surface area contributed by atoms with Crippen molar-refractivity contribution >= 4 is 23.5 Å². The van der Waals surface area contributed by atoms with Crippen LogP contribution in [0.2, 0.25) is 0 Å². The van der Waals surface area contributed by atoms with Crippen LogP contribution < -0.4 is 5.32 Å². The Morgan fingerprint density at radius 1 is 1.21 bits per heavy atom. The van der Waals surface area contributed by atoms with Gasteiger partial charge in [-0.1, -0.05) is 24.3 Å². The number of likely N-dealkylation sites (tertiary alicyclic amines) is 1. The van der Waals surface area contributed by atoms with E-state index in [9.17, 15) is 14.4 Å². The maximum absolute atomic E-state index is 12.3. The second-order valence-corrected chi connectivity index (χ2v) is 6.81. The Labute approximate surface area is 168 Å². The van der Waals surface area contributed by atoms with Gasteiger partial charge in [-0.25, -0.2) is 4.79 Å². The van der Waals surface area contributed by atoms with Gasteiger partial charge in [-0.15, -0.1) is 0 Å². The second-order valence-electron chi connectivity index (χ2n) is 6.81. The molecule has 7 heteroatoms. The maximum Gasteiger partial charge on any atom is 0.338 e. The molecule has 1 aliphatic heterocycles. The first kappa shape index (κ1) is 20.1. The fourth-order valence-corrected chi connectivity index (χ4v) is 3.04. The number of ether oxygens (including phenoxy) is 1. The van der Waals surface area contributed by atoms with Crippen molar-refractivity contribution in [3.8, 4) is 6.07 Å². The number of esters is 1. The van der Waals surface area contributed by atoms with E-state index in [2.05, 4.69) is 5.32 Å². The SMILES string of the molecule is CC(OC(=O)c1ccc(CN2CCCC2=O)cc1)C(=O)Nc1ccccc1C#N. The highest BCUT2D eigenvalue weighted by molar-refractivity contribution is 5.98. The van der Waals surface area contributed by atoms with E-state index in [1.54, 1.807) is 53.4 Å². The molecule has 0 aliphatic carbocycles. The number of nitriles is 1. The topological polar surface area (TPSA) is 99.5 Å².